The molecule has 1 aromatic heterocycles. The van der Waals surface area contributed by atoms with Crippen molar-refractivity contribution in [1.82, 2.24) is 25.6 Å². The molecule has 2 heterocycles. The third-order valence-electron chi connectivity index (χ3n) is 4.28. The van der Waals surface area contributed by atoms with E-state index in [1.165, 1.54) is 4.68 Å². The average molecular weight is 306 g/mol. The van der Waals surface area contributed by atoms with Gasteiger partial charge in [0.1, 0.15) is 6.54 Å². The van der Waals surface area contributed by atoms with Crippen LogP contribution in [0.1, 0.15) is 32.1 Å². The van der Waals surface area contributed by atoms with Gasteiger partial charge in [-0.1, -0.05) is 11.6 Å². The Morgan fingerprint density at radius 2 is 2.05 bits per heavy atom. The smallest absolute Gasteiger partial charge is 0.242 e. The highest BCUT2D eigenvalue weighted by Crippen LogP contribution is 2.27. The lowest BCUT2D eigenvalue weighted by atomic mass is 9.85. The normalized spacial score (nSPS) is 19.5. The van der Waals surface area contributed by atoms with Gasteiger partial charge in [-0.15, -0.1) is 5.10 Å². The summed E-state index contributed by atoms with van der Waals surface area (Å²) in [4.78, 5) is 23.8. The Hall–Kier alpha value is -1.96. The molecule has 1 saturated heterocycles. The predicted molar refractivity (Wildman–Crippen MR) is 80.0 cm³/mol. The fourth-order valence-electron chi connectivity index (χ4n) is 2.72. The molecule has 3 N–H and O–H groups in total. The van der Waals surface area contributed by atoms with Crippen LogP contribution in [0, 0.1) is 5.92 Å². The number of piperidine rings is 1. The topological polar surface area (TPSA) is 101 Å². The van der Waals surface area contributed by atoms with Gasteiger partial charge in [0.25, 0.3) is 0 Å². The van der Waals surface area contributed by atoms with Gasteiger partial charge in [0.2, 0.25) is 11.8 Å². The Morgan fingerprint density at radius 3 is 2.73 bits per heavy atom. The molecule has 1 saturated carbocycles. The molecule has 1 aliphatic carbocycles. The number of nitrogens with zero attached hydrogens (tertiary/aromatic N) is 3. The van der Waals surface area contributed by atoms with E-state index in [9.17, 15) is 9.59 Å². The number of aromatic nitrogens is 3. The van der Waals surface area contributed by atoms with E-state index in [4.69, 9.17) is 0 Å². The molecule has 2 aliphatic rings. The predicted octanol–water partition coefficient (Wildman–Crippen LogP) is -0.115. The fraction of sp³-hybridized carbons (Fsp3) is 0.714. The molecule has 0 unspecified atom stereocenters. The molecule has 3 rings (SSSR count). The second kappa shape index (κ2) is 6.87. The molecule has 0 bridgehead atoms. The van der Waals surface area contributed by atoms with Crippen LogP contribution < -0.4 is 16.0 Å². The molecular formula is C14H22N6O2. The fourth-order valence-corrected chi connectivity index (χ4v) is 2.72. The minimum absolute atomic E-state index is 0.00235. The molecule has 2 amide bonds. The van der Waals surface area contributed by atoms with Crippen LogP contribution in [-0.4, -0.2) is 45.9 Å². The monoisotopic (exact) mass is 306 g/mol. The molecular weight excluding hydrogens is 284 g/mol. The lowest BCUT2D eigenvalue weighted by molar-refractivity contribution is -0.123. The number of nitrogens with one attached hydrogen (secondary N) is 3. The first-order valence-electron chi connectivity index (χ1n) is 7.92. The van der Waals surface area contributed by atoms with E-state index in [0.717, 1.165) is 45.2 Å². The zero-order valence-electron chi connectivity index (χ0n) is 12.5. The molecule has 1 aromatic rings. The minimum atomic E-state index is -0.0753. The van der Waals surface area contributed by atoms with Crippen molar-refractivity contribution >= 4 is 17.6 Å². The molecule has 2 fully saturated rings. The van der Waals surface area contributed by atoms with E-state index in [0.29, 0.717) is 5.82 Å². The van der Waals surface area contributed by atoms with Crippen LogP contribution >= 0.6 is 0 Å². The number of carbonyl (C=O) groups excluding carboxylic acids is 2. The van der Waals surface area contributed by atoms with Crippen molar-refractivity contribution < 1.29 is 9.59 Å². The molecule has 22 heavy (non-hydrogen) atoms. The molecule has 0 atom stereocenters. The number of anilines is 1. The van der Waals surface area contributed by atoms with Crippen LogP contribution in [0.15, 0.2) is 6.20 Å². The average Bonchev–Trinajstić information content (AvgIpc) is 2.84. The number of hydrogen-bond acceptors (Lipinski definition) is 5. The van der Waals surface area contributed by atoms with Gasteiger partial charge in [-0.3, -0.25) is 9.59 Å². The number of carbonyl (C=O) groups is 2. The lowest BCUT2D eigenvalue weighted by Crippen LogP contribution is -2.43. The summed E-state index contributed by atoms with van der Waals surface area (Å²) in [6, 6.07) is 0.232. The zero-order valence-corrected chi connectivity index (χ0v) is 12.5. The minimum Gasteiger partial charge on any atom is -0.352 e. The molecule has 0 spiro atoms. The van der Waals surface area contributed by atoms with E-state index in [1.807, 2.05) is 0 Å². The lowest BCUT2D eigenvalue weighted by Gasteiger charge is -2.23. The van der Waals surface area contributed by atoms with Gasteiger partial charge in [0, 0.05) is 12.0 Å². The van der Waals surface area contributed by atoms with Crippen LogP contribution in [0.25, 0.3) is 0 Å². The summed E-state index contributed by atoms with van der Waals surface area (Å²) in [5.74, 6) is 0.436. The third-order valence-corrected chi connectivity index (χ3v) is 4.28. The Morgan fingerprint density at radius 1 is 1.27 bits per heavy atom. The summed E-state index contributed by atoms with van der Waals surface area (Å²) in [7, 11) is 0. The molecule has 120 valence electrons. The van der Waals surface area contributed by atoms with Crippen LogP contribution in [0.2, 0.25) is 0 Å². The molecule has 1 aliphatic heterocycles. The summed E-state index contributed by atoms with van der Waals surface area (Å²) in [6.45, 7) is 1.99. The van der Waals surface area contributed by atoms with Gasteiger partial charge in [-0.2, -0.15) is 0 Å². The maximum atomic E-state index is 12.0. The van der Waals surface area contributed by atoms with Gasteiger partial charge in [-0.05, 0) is 38.8 Å². The van der Waals surface area contributed by atoms with Crippen molar-refractivity contribution in [2.75, 3.05) is 18.4 Å². The van der Waals surface area contributed by atoms with E-state index < -0.39 is 0 Å². The van der Waals surface area contributed by atoms with Crippen LogP contribution in [-0.2, 0) is 16.1 Å². The summed E-state index contributed by atoms with van der Waals surface area (Å²) in [5, 5.41) is 16.8. The highest BCUT2D eigenvalue weighted by atomic mass is 16.2. The van der Waals surface area contributed by atoms with Crippen LogP contribution in [0.5, 0.6) is 0 Å². The Labute approximate surface area is 129 Å². The molecule has 0 aromatic carbocycles. The first-order valence-corrected chi connectivity index (χ1v) is 7.92. The number of rotatable bonds is 5. The standard InChI is InChI=1S/C14H22N6O2/c21-13(16-11-4-6-15-7-5-11)9-20-8-12(18-19-20)17-14(22)10-2-1-3-10/h8,10-11,15H,1-7,9H2,(H,16,21)(H,17,22). The Bertz CT molecular complexity index is 533. The van der Waals surface area contributed by atoms with Gasteiger partial charge in [-0.25, -0.2) is 4.68 Å². The van der Waals surface area contributed by atoms with Crippen molar-refractivity contribution in [3.63, 3.8) is 0 Å². The largest absolute Gasteiger partial charge is 0.352 e. The highest BCUT2D eigenvalue weighted by Gasteiger charge is 2.25. The first kappa shape index (κ1) is 15.0. The molecule has 8 nitrogen and oxygen atoms in total. The van der Waals surface area contributed by atoms with Crippen molar-refractivity contribution in [3.8, 4) is 0 Å². The second-order valence-corrected chi connectivity index (χ2v) is 6.01. The first-order chi connectivity index (χ1) is 10.7. The SMILES string of the molecule is O=C(Cn1cc(NC(=O)C2CCC2)nn1)NC1CCNCC1. The third kappa shape index (κ3) is 3.82. The van der Waals surface area contributed by atoms with Crippen molar-refractivity contribution in [2.45, 2.75) is 44.7 Å². The van der Waals surface area contributed by atoms with Gasteiger partial charge in [0.15, 0.2) is 5.82 Å². The summed E-state index contributed by atoms with van der Waals surface area (Å²) in [5.41, 5.74) is 0. The van der Waals surface area contributed by atoms with E-state index in [-0.39, 0.29) is 30.3 Å². The summed E-state index contributed by atoms with van der Waals surface area (Å²) >= 11 is 0. The van der Waals surface area contributed by atoms with Crippen molar-refractivity contribution in [2.24, 2.45) is 5.92 Å². The van der Waals surface area contributed by atoms with Crippen LogP contribution in [0.4, 0.5) is 5.82 Å². The quantitative estimate of drug-likeness (QED) is 0.704. The van der Waals surface area contributed by atoms with Crippen molar-refractivity contribution in [3.05, 3.63) is 6.20 Å². The molecule has 0 radical (unpaired) electrons. The Kier molecular flexibility index (Phi) is 4.67. The Balaban J connectivity index is 1.46. The number of hydrogen-bond donors (Lipinski definition) is 3. The van der Waals surface area contributed by atoms with Gasteiger partial charge >= 0.3 is 0 Å². The van der Waals surface area contributed by atoms with Crippen molar-refractivity contribution in [1.29, 1.82) is 0 Å². The highest BCUT2D eigenvalue weighted by molar-refractivity contribution is 5.92. The second-order valence-electron chi connectivity index (χ2n) is 6.01. The maximum absolute atomic E-state index is 12.0. The summed E-state index contributed by atoms with van der Waals surface area (Å²) < 4.78 is 1.45. The van der Waals surface area contributed by atoms with E-state index >= 15 is 0 Å². The van der Waals surface area contributed by atoms with Gasteiger partial charge in [0.05, 0.1) is 6.20 Å². The number of amides is 2. The molecule has 8 heteroatoms. The summed E-state index contributed by atoms with van der Waals surface area (Å²) in [6.07, 6.45) is 6.50. The van der Waals surface area contributed by atoms with E-state index in [1.54, 1.807) is 6.20 Å². The maximum Gasteiger partial charge on any atom is 0.242 e. The zero-order chi connectivity index (χ0) is 15.4. The van der Waals surface area contributed by atoms with Gasteiger partial charge < -0.3 is 16.0 Å². The van der Waals surface area contributed by atoms with E-state index in [2.05, 4.69) is 26.3 Å². The van der Waals surface area contributed by atoms with Crippen LogP contribution in [0.3, 0.4) is 0 Å².